The number of methoxy groups -OCH3 is 1. The first-order chi connectivity index (χ1) is 9.67. The maximum absolute atomic E-state index is 5.88. The van der Waals surface area contributed by atoms with Crippen LogP contribution in [0.4, 0.5) is 0 Å². The zero-order valence-electron chi connectivity index (χ0n) is 12.4. The Labute approximate surface area is 129 Å². The lowest BCUT2D eigenvalue weighted by molar-refractivity contribution is 0.143. The van der Waals surface area contributed by atoms with Gasteiger partial charge < -0.3 is 19.5 Å². The van der Waals surface area contributed by atoms with Gasteiger partial charge in [-0.05, 0) is 60.9 Å². The van der Waals surface area contributed by atoms with Crippen molar-refractivity contribution in [1.82, 2.24) is 5.32 Å². The summed E-state index contributed by atoms with van der Waals surface area (Å²) in [4.78, 5) is 0. The Hall–Kier alpha value is -0.780. The molecule has 1 aromatic carbocycles. The van der Waals surface area contributed by atoms with Crippen LogP contribution in [0.25, 0.3) is 0 Å². The Balaban J connectivity index is 2.26. The smallest absolute Gasteiger partial charge is 0.134 e. The molecule has 4 nitrogen and oxygen atoms in total. The van der Waals surface area contributed by atoms with Gasteiger partial charge in [0, 0.05) is 19.8 Å². The lowest BCUT2D eigenvalue weighted by Gasteiger charge is -2.17. The lowest BCUT2D eigenvalue weighted by Crippen LogP contribution is -2.30. The molecule has 0 heterocycles. The fraction of sp³-hybridized carbons (Fsp3) is 0.600. The number of ether oxygens (including phenoxy) is 3. The van der Waals surface area contributed by atoms with Crippen molar-refractivity contribution in [2.45, 2.75) is 26.4 Å². The van der Waals surface area contributed by atoms with Crippen molar-refractivity contribution in [3.8, 4) is 11.5 Å². The minimum Gasteiger partial charge on any atom is -0.497 e. The summed E-state index contributed by atoms with van der Waals surface area (Å²) in [5, 5.41) is 3.36. The summed E-state index contributed by atoms with van der Waals surface area (Å²) in [6.07, 6.45) is 1.12. The second kappa shape index (κ2) is 10.0. The van der Waals surface area contributed by atoms with Gasteiger partial charge in [-0.15, -0.1) is 0 Å². The Morgan fingerprint density at radius 1 is 1.35 bits per heavy atom. The van der Waals surface area contributed by atoms with Gasteiger partial charge >= 0.3 is 0 Å². The van der Waals surface area contributed by atoms with Crippen molar-refractivity contribution in [2.75, 3.05) is 33.4 Å². The van der Waals surface area contributed by atoms with E-state index in [1.54, 1.807) is 7.11 Å². The molecule has 0 aliphatic carbocycles. The van der Waals surface area contributed by atoms with E-state index in [2.05, 4.69) is 21.2 Å². The van der Waals surface area contributed by atoms with Gasteiger partial charge in [0.05, 0.1) is 11.6 Å². The molecular formula is C15H24BrNO3. The van der Waals surface area contributed by atoms with E-state index < -0.39 is 0 Å². The van der Waals surface area contributed by atoms with Crippen molar-refractivity contribution < 1.29 is 14.2 Å². The van der Waals surface area contributed by atoms with Crippen LogP contribution < -0.4 is 14.8 Å². The number of rotatable bonds is 10. The van der Waals surface area contributed by atoms with E-state index in [1.807, 2.05) is 32.0 Å². The number of hydrogen-bond acceptors (Lipinski definition) is 4. The van der Waals surface area contributed by atoms with E-state index in [1.165, 1.54) is 0 Å². The molecule has 1 unspecified atom stereocenters. The van der Waals surface area contributed by atoms with Crippen LogP contribution in [0.2, 0.25) is 0 Å². The molecule has 114 valence electrons. The highest BCUT2D eigenvalue weighted by atomic mass is 79.9. The third-order valence-corrected chi connectivity index (χ3v) is 3.37. The fourth-order valence-electron chi connectivity index (χ4n) is 1.71. The number of halogens is 1. The van der Waals surface area contributed by atoms with Gasteiger partial charge in [0.2, 0.25) is 0 Å². The molecule has 0 amide bonds. The van der Waals surface area contributed by atoms with Crippen LogP contribution in [-0.2, 0) is 4.74 Å². The highest BCUT2D eigenvalue weighted by Crippen LogP contribution is 2.29. The third kappa shape index (κ3) is 6.59. The molecule has 0 saturated heterocycles. The van der Waals surface area contributed by atoms with E-state index in [0.717, 1.165) is 48.7 Å². The summed E-state index contributed by atoms with van der Waals surface area (Å²) < 4.78 is 17.2. The SMILES string of the molecule is CCOCCCNCC(C)Oc1ccc(OC)cc1Br. The summed E-state index contributed by atoms with van der Waals surface area (Å²) in [6.45, 7) is 7.40. The molecule has 1 N–H and O–H groups in total. The summed E-state index contributed by atoms with van der Waals surface area (Å²) >= 11 is 3.48. The van der Waals surface area contributed by atoms with Crippen molar-refractivity contribution in [3.63, 3.8) is 0 Å². The minimum absolute atomic E-state index is 0.104. The molecule has 0 aliphatic rings. The molecule has 0 aromatic heterocycles. The lowest BCUT2D eigenvalue weighted by atomic mass is 10.3. The highest BCUT2D eigenvalue weighted by molar-refractivity contribution is 9.10. The summed E-state index contributed by atoms with van der Waals surface area (Å²) in [6, 6.07) is 5.70. The van der Waals surface area contributed by atoms with Gasteiger partial charge in [0.15, 0.2) is 0 Å². The van der Waals surface area contributed by atoms with Crippen molar-refractivity contribution in [3.05, 3.63) is 22.7 Å². The van der Waals surface area contributed by atoms with Crippen LogP contribution in [0.15, 0.2) is 22.7 Å². The van der Waals surface area contributed by atoms with E-state index in [9.17, 15) is 0 Å². The zero-order chi connectivity index (χ0) is 14.8. The van der Waals surface area contributed by atoms with E-state index in [0.29, 0.717) is 0 Å². The average molecular weight is 346 g/mol. The van der Waals surface area contributed by atoms with Crippen LogP contribution in [0, 0.1) is 0 Å². The van der Waals surface area contributed by atoms with Crippen molar-refractivity contribution >= 4 is 15.9 Å². The summed E-state index contributed by atoms with van der Waals surface area (Å²) in [5.74, 6) is 1.64. The van der Waals surface area contributed by atoms with Gasteiger partial charge in [-0.2, -0.15) is 0 Å². The Kier molecular flexibility index (Phi) is 8.65. The Morgan fingerprint density at radius 2 is 2.15 bits per heavy atom. The largest absolute Gasteiger partial charge is 0.497 e. The van der Waals surface area contributed by atoms with Gasteiger partial charge in [0.1, 0.15) is 17.6 Å². The van der Waals surface area contributed by atoms with Crippen molar-refractivity contribution in [1.29, 1.82) is 0 Å². The molecule has 0 bridgehead atoms. The number of hydrogen-bond donors (Lipinski definition) is 1. The average Bonchev–Trinajstić information content (AvgIpc) is 2.45. The number of nitrogens with one attached hydrogen (secondary N) is 1. The second-order valence-corrected chi connectivity index (χ2v) is 5.33. The maximum atomic E-state index is 5.88. The van der Waals surface area contributed by atoms with E-state index in [-0.39, 0.29) is 6.10 Å². The zero-order valence-corrected chi connectivity index (χ0v) is 14.0. The van der Waals surface area contributed by atoms with Crippen LogP contribution in [0.1, 0.15) is 20.3 Å². The van der Waals surface area contributed by atoms with Crippen LogP contribution in [-0.4, -0.2) is 39.5 Å². The molecule has 1 atom stereocenters. The predicted molar refractivity (Wildman–Crippen MR) is 84.8 cm³/mol. The third-order valence-electron chi connectivity index (χ3n) is 2.75. The molecule has 1 aromatic rings. The predicted octanol–water partition coefficient (Wildman–Crippen LogP) is 3.24. The van der Waals surface area contributed by atoms with Crippen molar-refractivity contribution in [2.24, 2.45) is 0 Å². The van der Waals surface area contributed by atoms with Gasteiger partial charge in [-0.25, -0.2) is 0 Å². The summed E-state index contributed by atoms with van der Waals surface area (Å²) in [5.41, 5.74) is 0. The van der Waals surface area contributed by atoms with Crippen LogP contribution in [0.3, 0.4) is 0 Å². The van der Waals surface area contributed by atoms with Crippen LogP contribution in [0.5, 0.6) is 11.5 Å². The molecule has 0 aliphatic heterocycles. The first-order valence-corrected chi connectivity index (χ1v) is 7.75. The second-order valence-electron chi connectivity index (χ2n) is 4.48. The first-order valence-electron chi connectivity index (χ1n) is 6.96. The molecular weight excluding hydrogens is 322 g/mol. The standard InChI is InChI=1S/C15H24BrNO3/c1-4-19-9-5-8-17-11-12(2)20-15-7-6-13(18-3)10-14(15)16/h6-7,10,12,17H,4-5,8-9,11H2,1-3H3. The molecule has 20 heavy (non-hydrogen) atoms. The molecule has 0 saturated carbocycles. The van der Waals surface area contributed by atoms with Gasteiger partial charge in [0.25, 0.3) is 0 Å². The summed E-state index contributed by atoms with van der Waals surface area (Å²) in [7, 11) is 1.65. The van der Waals surface area contributed by atoms with E-state index in [4.69, 9.17) is 14.2 Å². The molecule has 0 radical (unpaired) electrons. The fourth-order valence-corrected chi connectivity index (χ4v) is 2.16. The molecule has 5 heteroatoms. The topological polar surface area (TPSA) is 39.7 Å². The molecule has 0 fully saturated rings. The monoisotopic (exact) mass is 345 g/mol. The normalized spacial score (nSPS) is 12.2. The minimum atomic E-state index is 0.104. The maximum Gasteiger partial charge on any atom is 0.134 e. The quantitative estimate of drug-likeness (QED) is 0.661. The first kappa shape index (κ1) is 17.3. The Bertz CT molecular complexity index is 387. The number of benzene rings is 1. The molecule has 1 rings (SSSR count). The highest BCUT2D eigenvalue weighted by Gasteiger charge is 2.07. The van der Waals surface area contributed by atoms with Crippen LogP contribution >= 0.6 is 15.9 Å². The van der Waals surface area contributed by atoms with Gasteiger partial charge in [-0.3, -0.25) is 0 Å². The molecule has 0 spiro atoms. The Morgan fingerprint density at radius 3 is 2.80 bits per heavy atom. The van der Waals surface area contributed by atoms with E-state index >= 15 is 0 Å². The van der Waals surface area contributed by atoms with Gasteiger partial charge in [-0.1, -0.05) is 0 Å².